The van der Waals surface area contributed by atoms with Gasteiger partial charge in [-0.2, -0.15) is 13.2 Å². The van der Waals surface area contributed by atoms with Crippen LogP contribution in [-0.2, 0) is 20.5 Å². The molecular weight excluding hydrogens is 718 g/mol. The van der Waals surface area contributed by atoms with Crippen molar-refractivity contribution in [3.63, 3.8) is 0 Å². The number of aliphatic carboxylic acids is 1. The van der Waals surface area contributed by atoms with E-state index >= 15 is 4.39 Å². The SMILES string of the molecule is COC[C@H]1CN(C(=O)[C@]2(F)CN([C@@H]3[C@@H]4CC5C[C@@H]3CCC[C@@]5(O)C4)C[C@H]2c2ccc(OC)cc2)C[C@@H]1c1ccc(C(F)(F)F)cc1N1CCC(C(=O)O)CC1. The van der Waals surface area contributed by atoms with Crippen molar-refractivity contribution < 1.29 is 46.8 Å². The van der Waals surface area contributed by atoms with Crippen molar-refractivity contribution in [3.05, 3.63) is 59.2 Å². The third-order valence-electron chi connectivity index (χ3n) is 14.4. The Morgan fingerprint density at radius 3 is 2.36 bits per heavy atom. The van der Waals surface area contributed by atoms with Crippen LogP contribution in [-0.4, -0.2) is 109 Å². The zero-order valence-corrected chi connectivity index (χ0v) is 31.6. The molecule has 0 aromatic heterocycles. The Morgan fingerprint density at radius 2 is 1.69 bits per heavy atom. The van der Waals surface area contributed by atoms with Crippen molar-refractivity contribution in [2.24, 2.45) is 29.6 Å². The molecule has 3 saturated heterocycles. The van der Waals surface area contributed by atoms with E-state index < -0.39 is 52.6 Å². The van der Waals surface area contributed by atoms with Crippen molar-refractivity contribution in [2.75, 3.05) is 65.0 Å². The highest BCUT2D eigenvalue weighted by atomic mass is 19.4. The van der Waals surface area contributed by atoms with E-state index in [0.29, 0.717) is 54.3 Å². The molecule has 9 atom stereocenters. The van der Waals surface area contributed by atoms with Crippen LogP contribution in [0.5, 0.6) is 5.75 Å². The highest BCUT2D eigenvalue weighted by Crippen LogP contribution is 2.58. The topological polar surface area (TPSA) is 103 Å². The summed E-state index contributed by atoms with van der Waals surface area (Å²) in [5.74, 6) is -2.13. The van der Waals surface area contributed by atoms with Gasteiger partial charge in [0.25, 0.3) is 5.91 Å². The van der Waals surface area contributed by atoms with Gasteiger partial charge >= 0.3 is 12.1 Å². The number of piperidine rings is 1. The summed E-state index contributed by atoms with van der Waals surface area (Å²) in [6, 6.07) is 11.0. The molecule has 13 heteroatoms. The summed E-state index contributed by atoms with van der Waals surface area (Å²) >= 11 is 0. The highest BCUT2D eigenvalue weighted by molar-refractivity contribution is 5.88. The lowest BCUT2D eigenvalue weighted by molar-refractivity contribution is -0.144. The normalized spacial score (nSPS) is 35.4. The molecule has 8 rings (SSSR count). The number of halogens is 4. The number of carboxylic acid groups (broad SMARTS) is 1. The van der Waals surface area contributed by atoms with Crippen LogP contribution >= 0.6 is 0 Å². The zero-order valence-electron chi connectivity index (χ0n) is 31.6. The number of hydrogen-bond donors (Lipinski definition) is 2. The Balaban J connectivity index is 1.11. The van der Waals surface area contributed by atoms with Crippen LogP contribution in [0.2, 0.25) is 0 Å². The number of alkyl halides is 4. The second-order valence-electron chi connectivity index (χ2n) is 17.4. The summed E-state index contributed by atoms with van der Waals surface area (Å²) in [5.41, 5.74) is -2.03. The maximum Gasteiger partial charge on any atom is 0.416 e. The van der Waals surface area contributed by atoms with E-state index in [2.05, 4.69) is 4.90 Å². The maximum atomic E-state index is 18.3. The number of methoxy groups -OCH3 is 2. The summed E-state index contributed by atoms with van der Waals surface area (Å²) in [5, 5.41) is 21.2. The van der Waals surface area contributed by atoms with Gasteiger partial charge in [-0.1, -0.05) is 24.6 Å². The zero-order chi connectivity index (χ0) is 38.9. The van der Waals surface area contributed by atoms with Gasteiger partial charge in [0, 0.05) is 75.9 Å². The summed E-state index contributed by atoms with van der Waals surface area (Å²) in [4.78, 5) is 32.2. The van der Waals surface area contributed by atoms with Crippen LogP contribution < -0.4 is 9.64 Å². The van der Waals surface area contributed by atoms with Gasteiger partial charge in [0.2, 0.25) is 5.67 Å². The second kappa shape index (κ2) is 14.5. The van der Waals surface area contributed by atoms with Crippen LogP contribution in [0, 0.1) is 29.6 Å². The molecule has 2 aromatic carbocycles. The average Bonchev–Trinajstić information content (AvgIpc) is 3.80. The van der Waals surface area contributed by atoms with Crippen molar-refractivity contribution in [1.29, 1.82) is 0 Å². The predicted molar refractivity (Wildman–Crippen MR) is 197 cm³/mol. The molecule has 2 aromatic rings. The number of aliphatic hydroxyl groups is 1. The third-order valence-corrected chi connectivity index (χ3v) is 14.4. The number of likely N-dealkylation sites (tertiary alicyclic amines) is 2. The van der Waals surface area contributed by atoms with Gasteiger partial charge in [0.15, 0.2) is 0 Å². The van der Waals surface area contributed by atoms with Crippen LogP contribution in [0.4, 0.5) is 23.2 Å². The van der Waals surface area contributed by atoms with E-state index in [-0.39, 0.29) is 63.1 Å². The quantitative estimate of drug-likeness (QED) is 0.285. The minimum atomic E-state index is -4.59. The Labute approximate surface area is 319 Å². The van der Waals surface area contributed by atoms with Gasteiger partial charge in [0.05, 0.1) is 30.8 Å². The van der Waals surface area contributed by atoms with E-state index in [1.165, 1.54) is 6.07 Å². The number of fused-ring (bicyclic) bond motifs is 2. The Morgan fingerprint density at radius 1 is 0.964 bits per heavy atom. The molecule has 2 N–H and O–H groups in total. The first kappa shape index (κ1) is 38.5. The minimum Gasteiger partial charge on any atom is -0.497 e. The number of carbonyl (C=O) groups excluding carboxylic acids is 1. The number of carbonyl (C=O) groups is 2. The van der Waals surface area contributed by atoms with Crippen LogP contribution in [0.1, 0.15) is 79.9 Å². The van der Waals surface area contributed by atoms with E-state index in [9.17, 15) is 33.0 Å². The lowest BCUT2D eigenvalue weighted by Gasteiger charge is -2.42. The lowest BCUT2D eigenvalue weighted by atomic mass is 9.74. The van der Waals surface area contributed by atoms with Crippen molar-refractivity contribution >= 4 is 17.6 Å². The second-order valence-corrected chi connectivity index (χ2v) is 17.4. The molecule has 0 spiro atoms. The molecule has 0 radical (unpaired) electrons. The number of nitrogens with zero attached hydrogens (tertiary/aromatic N) is 3. The molecule has 1 unspecified atom stereocenters. The van der Waals surface area contributed by atoms with Gasteiger partial charge in [-0.25, -0.2) is 4.39 Å². The van der Waals surface area contributed by atoms with Crippen LogP contribution in [0.3, 0.4) is 0 Å². The molecule has 3 heterocycles. The molecule has 55 heavy (non-hydrogen) atoms. The number of rotatable bonds is 9. The summed E-state index contributed by atoms with van der Waals surface area (Å²) in [7, 11) is 3.11. The van der Waals surface area contributed by atoms with Crippen molar-refractivity contribution in [3.8, 4) is 5.75 Å². The molecular formula is C42H53F4N3O6. The van der Waals surface area contributed by atoms with Gasteiger partial charge in [-0.3, -0.25) is 14.5 Å². The Hall–Kier alpha value is -3.42. The van der Waals surface area contributed by atoms with E-state index in [1.54, 1.807) is 31.3 Å². The highest BCUT2D eigenvalue weighted by Gasteiger charge is 2.62. The third kappa shape index (κ3) is 6.89. The molecule has 3 aliphatic heterocycles. The monoisotopic (exact) mass is 771 g/mol. The number of hydrogen-bond acceptors (Lipinski definition) is 7. The van der Waals surface area contributed by atoms with Gasteiger partial charge in [0.1, 0.15) is 5.75 Å². The molecule has 6 fully saturated rings. The number of carboxylic acids is 1. The Bertz CT molecular complexity index is 1750. The largest absolute Gasteiger partial charge is 0.497 e. The number of amides is 1. The summed E-state index contributed by atoms with van der Waals surface area (Å²) in [6.45, 7) is 1.38. The Kier molecular flexibility index (Phi) is 10.1. The predicted octanol–water partition coefficient (Wildman–Crippen LogP) is 6.34. The number of benzene rings is 2. The number of anilines is 1. The van der Waals surface area contributed by atoms with Crippen LogP contribution in [0.25, 0.3) is 0 Å². The fraction of sp³-hybridized carbons (Fsp3) is 0.667. The van der Waals surface area contributed by atoms with Gasteiger partial charge in [-0.15, -0.1) is 0 Å². The summed E-state index contributed by atoms with van der Waals surface area (Å²) < 4.78 is 71.6. The molecule has 9 nitrogen and oxygen atoms in total. The van der Waals surface area contributed by atoms with Crippen molar-refractivity contribution in [2.45, 2.75) is 86.7 Å². The fourth-order valence-electron chi connectivity index (χ4n) is 11.8. The molecule has 1 amide bonds. The fourth-order valence-corrected chi connectivity index (χ4v) is 11.8. The lowest BCUT2D eigenvalue weighted by Crippen LogP contribution is -2.52. The first-order chi connectivity index (χ1) is 26.2. The average molecular weight is 772 g/mol. The molecule has 3 bridgehead atoms. The summed E-state index contributed by atoms with van der Waals surface area (Å²) in [6.07, 6.45) is 1.31. The van der Waals surface area contributed by atoms with Crippen molar-refractivity contribution in [1.82, 2.24) is 9.80 Å². The van der Waals surface area contributed by atoms with E-state index in [0.717, 1.165) is 44.2 Å². The molecule has 3 aliphatic carbocycles. The minimum absolute atomic E-state index is 0.0660. The standard InChI is InChI=1S/C42H53F4N3O6/c1-54-23-29-20-48(21-34(29)33-10-7-30(42(44,45)46)18-36(33)47-14-11-26(12-15-47)38(50)51)39(52)41(43)24-49(22-35(41)25-5-8-32(55-2)9-6-25)37-27-4-3-13-40(53)19-28(37)17-31(40)16-27/h5-10,18,26-29,31,34-35,37,53H,3-4,11-17,19-24H2,1-2H3,(H,50,51)/t27-,28+,29+,31?,34-,35-,37-,40+,41-/m0/s1. The van der Waals surface area contributed by atoms with E-state index in [1.807, 2.05) is 17.0 Å². The molecule has 3 saturated carbocycles. The first-order valence-corrected chi connectivity index (χ1v) is 20.0. The smallest absolute Gasteiger partial charge is 0.416 e. The maximum absolute atomic E-state index is 18.3. The number of ether oxygens (including phenoxy) is 2. The molecule has 300 valence electrons. The van der Waals surface area contributed by atoms with Gasteiger partial charge in [-0.05, 0) is 98.1 Å². The first-order valence-electron chi connectivity index (χ1n) is 20.0. The van der Waals surface area contributed by atoms with Gasteiger partial charge < -0.3 is 29.5 Å². The molecule has 6 aliphatic rings. The van der Waals surface area contributed by atoms with Crippen LogP contribution in [0.15, 0.2) is 42.5 Å². The van der Waals surface area contributed by atoms with E-state index in [4.69, 9.17) is 9.47 Å².